The van der Waals surface area contributed by atoms with Gasteiger partial charge in [-0.05, 0) is 62.8 Å². The van der Waals surface area contributed by atoms with Crippen molar-refractivity contribution in [3.8, 4) is 0 Å². The number of hydrogen-bond acceptors (Lipinski definition) is 3. The van der Waals surface area contributed by atoms with E-state index in [-0.39, 0.29) is 5.54 Å². The molecule has 2 nitrogen and oxygen atoms in total. The Balaban J connectivity index is 0. The van der Waals surface area contributed by atoms with Crippen LogP contribution in [0, 0.1) is 16.7 Å². The maximum absolute atomic E-state index is 6.69. The Morgan fingerprint density at radius 3 is 1.81 bits per heavy atom. The summed E-state index contributed by atoms with van der Waals surface area (Å²) in [5, 5.41) is 0. The van der Waals surface area contributed by atoms with Gasteiger partial charge in [0.1, 0.15) is 0 Å². The van der Waals surface area contributed by atoms with Gasteiger partial charge in [-0.1, -0.05) is 60.8 Å². The molecule has 21 heavy (non-hydrogen) atoms. The van der Waals surface area contributed by atoms with Gasteiger partial charge in [0.25, 0.3) is 0 Å². The first-order valence-corrected chi connectivity index (χ1v) is 8.82. The van der Waals surface area contributed by atoms with E-state index in [2.05, 4.69) is 68.3 Å². The van der Waals surface area contributed by atoms with Crippen molar-refractivity contribution in [1.82, 2.24) is 0 Å². The van der Waals surface area contributed by atoms with Crippen molar-refractivity contribution in [2.45, 2.75) is 99.5 Å². The molecule has 0 fully saturated rings. The fourth-order valence-electron chi connectivity index (χ4n) is 3.72. The molecular weight excluding hydrogens is 278 g/mol. The highest BCUT2D eigenvalue weighted by atomic mass is 32.1. The molecular formula is C18H41NOS. The number of hydrogen-bond donors (Lipinski definition) is 3. The highest BCUT2D eigenvalue weighted by Gasteiger charge is 2.35. The second-order valence-corrected chi connectivity index (χ2v) is 8.73. The summed E-state index contributed by atoms with van der Waals surface area (Å²) in [6.45, 7) is 18.6. The lowest BCUT2D eigenvalue weighted by Gasteiger charge is -2.42. The number of rotatable bonds is 9. The molecule has 0 saturated carbocycles. The van der Waals surface area contributed by atoms with Crippen LogP contribution in [0.3, 0.4) is 0 Å². The monoisotopic (exact) mass is 319 g/mol. The van der Waals surface area contributed by atoms with Gasteiger partial charge in [0.15, 0.2) is 0 Å². The third-order valence-electron chi connectivity index (χ3n) is 4.52. The highest BCUT2D eigenvalue weighted by molar-refractivity contribution is 7.74. The van der Waals surface area contributed by atoms with Gasteiger partial charge in [-0.25, -0.2) is 0 Å². The largest absolute Gasteiger partial charge is 0.333 e. The molecule has 0 aliphatic rings. The summed E-state index contributed by atoms with van der Waals surface area (Å²) < 4.78 is 6.69. The van der Waals surface area contributed by atoms with E-state index < -0.39 is 0 Å². The SMILES string of the molecule is CCCCC(C)(C)CC(CC)C(C)(C)CC(C)(C)N.OS. The lowest BCUT2D eigenvalue weighted by molar-refractivity contribution is 0.0984. The quantitative estimate of drug-likeness (QED) is 0.352. The molecule has 0 aliphatic heterocycles. The summed E-state index contributed by atoms with van der Waals surface area (Å²) in [6, 6.07) is 0. The molecule has 0 aromatic heterocycles. The molecule has 0 spiro atoms. The first kappa shape index (κ1) is 23.5. The van der Waals surface area contributed by atoms with Gasteiger partial charge in [0.2, 0.25) is 0 Å². The molecule has 1 atom stereocenters. The van der Waals surface area contributed by atoms with Crippen LogP contribution in [0.1, 0.15) is 93.9 Å². The smallest absolute Gasteiger partial charge is 0.0102 e. The molecule has 130 valence electrons. The second kappa shape index (κ2) is 10.1. The summed E-state index contributed by atoms with van der Waals surface area (Å²) in [6.07, 6.45) is 7.70. The van der Waals surface area contributed by atoms with E-state index in [1.54, 1.807) is 0 Å². The fourth-order valence-corrected chi connectivity index (χ4v) is 3.72. The topological polar surface area (TPSA) is 46.2 Å². The van der Waals surface area contributed by atoms with E-state index in [1.807, 2.05) is 0 Å². The predicted octanol–water partition coefficient (Wildman–Crippen LogP) is 6.16. The zero-order chi connectivity index (χ0) is 17.3. The van der Waals surface area contributed by atoms with Gasteiger partial charge in [-0.15, -0.1) is 0 Å². The van der Waals surface area contributed by atoms with Crippen molar-refractivity contribution in [2.75, 3.05) is 0 Å². The zero-order valence-electron chi connectivity index (χ0n) is 15.8. The van der Waals surface area contributed by atoms with Crippen LogP contribution in [0.25, 0.3) is 0 Å². The summed E-state index contributed by atoms with van der Waals surface area (Å²) in [4.78, 5) is 0. The second-order valence-electron chi connectivity index (χ2n) is 8.73. The van der Waals surface area contributed by atoms with Gasteiger partial charge in [-0.2, -0.15) is 0 Å². The minimum absolute atomic E-state index is 0.0650. The molecule has 3 N–H and O–H groups in total. The number of thiol groups is 1. The Morgan fingerprint density at radius 1 is 1.00 bits per heavy atom. The highest BCUT2D eigenvalue weighted by Crippen LogP contribution is 2.44. The molecule has 0 bridgehead atoms. The maximum Gasteiger partial charge on any atom is 0.0102 e. The van der Waals surface area contributed by atoms with Crippen molar-refractivity contribution >= 4 is 12.9 Å². The average Bonchev–Trinajstić information content (AvgIpc) is 2.33. The first-order chi connectivity index (χ1) is 9.43. The van der Waals surface area contributed by atoms with E-state index in [4.69, 9.17) is 10.3 Å². The third-order valence-corrected chi connectivity index (χ3v) is 4.52. The Kier molecular flexibility index (Phi) is 11.3. The van der Waals surface area contributed by atoms with Crippen LogP contribution >= 0.6 is 12.9 Å². The standard InChI is InChI=1S/C18H39N.H2OS/c1-9-11-12-16(3,4)13-15(10-2)17(5,6)14-18(7,8)19;1-2/h15H,9-14,19H2,1-8H3;1-2H. The summed E-state index contributed by atoms with van der Waals surface area (Å²) in [5.74, 6) is 0.766. The lowest BCUT2D eigenvalue weighted by atomic mass is 9.64. The van der Waals surface area contributed by atoms with Gasteiger partial charge in [0, 0.05) is 5.54 Å². The Bertz CT molecular complexity index is 256. The van der Waals surface area contributed by atoms with Crippen LogP contribution in [0.15, 0.2) is 0 Å². The molecule has 0 rings (SSSR count). The van der Waals surface area contributed by atoms with Crippen LogP contribution < -0.4 is 5.73 Å². The Morgan fingerprint density at radius 2 is 1.48 bits per heavy atom. The maximum atomic E-state index is 6.69. The van der Waals surface area contributed by atoms with Crippen LogP contribution in [-0.2, 0) is 0 Å². The molecule has 0 aliphatic carbocycles. The lowest BCUT2D eigenvalue weighted by Crippen LogP contribution is -2.41. The van der Waals surface area contributed by atoms with Crippen LogP contribution in [0.4, 0.5) is 0 Å². The molecule has 0 aromatic rings. The predicted molar refractivity (Wildman–Crippen MR) is 100.0 cm³/mol. The van der Waals surface area contributed by atoms with Crippen molar-refractivity contribution in [3.63, 3.8) is 0 Å². The Hall–Kier alpha value is 0.270. The van der Waals surface area contributed by atoms with E-state index in [0.29, 0.717) is 10.8 Å². The van der Waals surface area contributed by atoms with Crippen molar-refractivity contribution in [2.24, 2.45) is 22.5 Å². The minimum Gasteiger partial charge on any atom is -0.333 e. The van der Waals surface area contributed by atoms with Crippen molar-refractivity contribution in [3.05, 3.63) is 0 Å². The zero-order valence-corrected chi connectivity index (χ0v) is 16.7. The average molecular weight is 320 g/mol. The fraction of sp³-hybridized carbons (Fsp3) is 1.00. The third kappa shape index (κ3) is 11.5. The summed E-state index contributed by atoms with van der Waals surface area (Å²) >= 11 is 2.53. The summed E-state index contributed by atoms with van der Waals surface area (Å²) in [7, 11) is 0. The van der Waals surface area contributed by atoms with Gasteiger partial charge in [0.05, 0.1) is 0 Å². The molecule has 0 amide bonds. The van der Waals surface area contributed by atoms with Crippen LogP contribution in [-0.4, -0.2) is 10.1 Å². The van der Waals surface area contributed by atoms with Gasteiger partial charge < -0.3 is 10.3 Å². The Labute approximate surface area is 139 Å². The van der Waals surface area contributed by atoms with Crippen molar-refractivity contribution in [1.29, 1.82) is 0 Å². The van der Waals surface area contributed by atoms with E-state index >= 15 is 0 Å². The van der Waals surface area contributed by atoms with E-state index in [9.17, 15) is 0 Å². The molecule has 1 unspecified atom stereocenters. The summed E-state index contributed by atoms with van der Waals surface area (Å²) in [5.41, 5.74) is 6.99. The number of nitrogens with two attached hydrogens (primary N) is 1. The van der Waals surface area contributed by atoms with E-state index in [1.165, 1.54) is 32.1 Å². The minimum atomic E-state index is -0.0650. The first-order valence-electron chi connectivity index (χ1n) is 8.42. The molecule has 0 heterocycles. The van der Waals surface area contributed by atoms with Crippen LogP contribution in [0.5, 0.6) is 0 Å². The molecule has 0 saturated heterocycles. The van der Waals surface area contributed by atoms with Gasteiger partial charge >= 0.3 is 0 Å². The molecule has 0 aromatic carbocycles. The molecule has 0 radical (unpaired) electrons. The van der Waals surface area contributed by atoms with Crippen LogP contribution in [0.2, 0.25) is 0 Å². The normalized spacial score (nSPS) is 14.4. The van der Waals surface area contributed by atoms with E-state index in [0.717, 1.165) is 12.3 Å². The van der Waals surface area contributed by atoms with Gasteiger partial charge in [-0.3, -0.25) is 0 Å². The van der Waals surface area contributed by atoms with Crippen molar-refractivity contribution < 1.29 is 4.55 Å². The molecule has 3 heteroatoms. The number of unbranched alkanes of at least 4 members (excludes halogenated alkanes) is 1.